The minimum absolute atomic E-state index is 0.115. The van der Waals surface area contributed by atoms with E-state index >= 15 is 0 Å². The van der Waals surface area contributed by atoms with Gasteiger partial charge in [0, 0.05) is 19.3 Å². The number of ether oxygens (including phenoxy) is 1. The van der Waals surface area contributed by atoms with Crippen LogP contribution in [0.2, 0.25) is 0 Å². The van der Waals surface area contributed by atoms with Gasteiger partial charge in [0.2, 0.25) is 0 Å². The molecule has 8 heteroatoms. The van der Waals surface area contributed by atoms with E-state index in [1.165, 1.54) is 0 Å². The fraction of sp³-hybridized carbons (Fsp3) is 0.714. The van der Waals surface area contributed by atoms with E-state index in [4.69, 9.17) is 10.5 Å². The van der Waals surface area contributed by atoms with E-state index in [0.717, 1.165) is 12.3 Å². The van der Waals surface area contributed by atoms with E-state index in [9.17, 15) is 18.0 Å². The van der Waals surface area contributed by atoms with Crippen molar-refractivity contribution in [3.05, 3.63) is 11.8 Å². The predicted octanol–water partition coefficient (Wildman–Crippen LogP) is 2.86. The Kier molecular flexibility index (Phi) is 5.85. The lowest BCUT2D eigenvalue weighted by atomic mass is 10.1. The highest BCUT2D eigenvalue weighted by atomic mass is 19.4. The summed E-state index contributed by atoms with van der Waals surface area (Å²) in [6.45, 7) is 6.31. The minimum Gasteiger partial charge on any atom is -0.444 e. The van der Waals surface area contributed by atoms with Crippen LogP contribution in [-0.2, 0) is 4.74 Å². The molecular formula is C14H22F3N3O2. The molecule has 1 fully saturated rings. The number of alkyl halides is 3. The molecule has 0 spiro atoms. The molecule has 0 bridgehead atoms. The molecule has 5 nitrogen and oxygen atoms in total. The van der Waals surface area contributed by atoms with Crippen LogP contribution in [0.15, 0.2) is 16.8 Å². The van der Waals surface area contributed by atoms with Gasteiger partial charge in [-0.15, -0.1) is 0 Å². The van der Waals surface area contributed by atoms with Crippen LogP contribution in [0.25, 0.3) is 0 Å². The van der Waals surface area contributed by atoms with E-state index in [1.54, 1.807) is 25.7 Å². The monoisotopic (exact) mass is 321 g/mol. The molecule has 0 aliphatic carbocycles. The fourth-order valence-corrected chi connectivity index (χ4v) is 1.86. The van der Waals surface area contributed by atoms with E-state index in [2.05, 4.69) is 4.99 Å². The van der Waals surface area contributed by atoms with Crippen molar-refractivity contribution in [2.45, 2.75) is 51.4 Å². The van der Waals surface area contributed by atoms with Crippen LogP contribution >= 0.6 is 0 Å². The maximum atomic E-state index is 12.2. The lowest BCUT2D eigenvalue weighted by Gasteiger charge is -2.32. The smallest absolute Gasteiger partial charge is 0.430 e. The summed E-state index contributed by atoms with van der Waals surface area (Å²) in [5.74, 6) is 0. The normalized spacial score (nSPS) is 18.8. The summed E-state index contributed by atoms with van der Waals surface area (Å²) in [7, 11) is 0. The van der Waals surface area contributed by atoms with Crippen LogP contribution in [-0.4, -0.2) is 48.1 Å². The van der Waals surface area contributed by atoms with Crippen LogP contribution in [0.1, 0.15) is 33.6 Å². The van der Waals surface area contributed by atoms with Gasteiger partial charge in [-0.05, 0) is 39.7 Å². The molecule has 22 heavy (non-hydrogen) atoms. The molecular weight excluding hydrogens is 299 g/mol. The van der Waals surface area contributed by atoms with Gasteiger partial charge in [-0.2, -0.15) is 13.2 Å². The maximum absolute atomic E-state index is 12.2. The Morgan fingerprint density at radius 3 is 2.27 bits per heavy atom. The average molecular weight is 321 g/mol. The quantitative estimate of drug-likeness (QED) is 0.795. The summed E-state index contributed by atoms with van der Waals surface area (Å²) in [4.78, 5) is 17.5. The molecule has 1 heterocycles. The number of halogens is 3. The van der Waals surface area contributed by atoms with Gasteiger partial charge in [0.25, 0.3) is 0 Å². The predicted molar refractivity (Wildman–Crippen MR) is 77.6 cm³/mol. The third-order valence-electron chi connectivity index (χ3n) is 2.99. The number of carbonyl (C=O) groups excluding carboxylic acids is 1. The van der Waals surface area contributed by atoms with Crippen molar-refractivity contribution in [2.24, 2.45) is 10.7 Å². The minimum atomic E-state index is -4.54. The standard InChI is InChI=1S/C14H22F3N3O2/c1-13(2,3)22-12(21)20-8-5-10(6-9-20)19-7-4-11(18)14(15,16)17/h4,7,10H,5-6,8-9,18H2,1-3H3. The Balaban J connectivity index is 2.45. The van der Waals surface area contributed by atoms with E-state index < -0.39 is 17.5 Å². The lowest BCUT2D eigenvalue weighted by molar-refractivity contribution is -0.0925. The first-order valence-electron chi connectivity index (χ1n) is 7.03. The number of aliphatic imine (C=N–C) groups is 1. The summed E-state index contributed by atoms with van der Waals surface area (Å²) in [6.07, 6.45) is -1.93. The molecule has 0 aromatic heterocycles. The van der Waals surface area contributed by atoms with Gasteiger partial charge in [0.05, 0.1) is 6.04 Å². The van der Waals surface area contributed by atoms with Gasteiger partial charge >= 0.3 is 12.3 Å². The zero-order valence-corrected chi connectivity index (χ0v) is 13.0. The Morgan fingerprint density at radius 1 is 1.27 bits per heavy atom. The number of allylic oxidation sites excluding steroid dienone is 2. The van der Waals surface area contributed by atoms with Crippen molar-refractivity contribution in [1.82, 2.24) is 4.90 Å². The Bertz CT molecular complexity index is 445. The van der Waals surface area contributed by atoms with Crippen molar-refractivity contribution in [3.8, 4) is 0 Å². The highest BCUT2D eigenvalue weighted by molar-refractivity contribution is 5.72. The third kappa shape index (κ3) is 6.36. The number of nitrogens with zero attached hydrogens (tertiary/aromatic N) is 2. The molecule has 0 aromatic rings. The number of nitrogens with two attached hydrogens (primary N) is 1. The van der Waals surface area contributed by atoms with Crippen molar-refractivity contribution in [1.29, 1.82) is 0 Å². The molecule has 0 saturated carbocycles. The molecule has 1 aliphatic heterocycles. The summed E-state index contributed by atoms with van der Waals surface area (Å²) in [5.41, 5.74) is 3.13. The zero-order chi connectivity index (χ0) is 17.0. The van der Waals surface area contributed by atoms with E-state index in [-0.39, 0.29) is 12.1 Å². The molecule has 1 aliphatic rings. The molecule has 0 atom stereocenters. The third-order valence-corrected chi connectivity index (χ3v) is 2.99. The Hall–Kier alpha value is -1.73. The molecule has 0 aromatic carbocycles. The molecule has 1 amide bonds. The van der Waals surface area contributed by atoms with Gasteiger partial charge in [0.15, 0.2) is 0 Å². The SMILES string of the molecule is CC(C)(C)OC(=O)N1CCC(N=CC=C(N)C(F)(F)F)CC1. The number of rotatable bonds is 2. The molecule has 1 saturated heterocycles. The second-order valence-corrected chi connectivity index (χ2v) is 6.12. The van der Waals surface area contributed by atoms with Crippen molar-refractivity contribution < 1.29 is 22.7 Å². The molecule has 2 N–H and O–H groups in total. The number of carbonyl (C=O) groups is 1. The second-order valence-electron chi connectivity index (χ2n) is 6.12. The van der Waals surface area contributed by atoms with Gasteiger partial charge < -0.3 is 15.4 Å². The van der Waals surface area contributed by atoms with Crippen LogP contribution in [0.5, 0.6) is 0 Å². The van der Waals surface area contributed by atoms with Crippen molar-refractivity contribution in [3.63, 3.8) is 0 Å². The fourth-order valence-electron chi connectivity index (χ4n) is 1.86. The number of likely N-dealkylation sites (tertiary alicyclic amines) is 1. The molecule has 1 rings (SSSR count). The van der Waals surface area contributed by atoms with Crippen LogP contribution in [0.3, 0.4) is 0 Å². The number of hydrogen-bond acceptors (Lipinski definition) is 4. The highest BCUT2D eigenvalue weighted by Crippen LogP contribution is 2.21. The molecule has 0 radical (unpaired) electrons. The highest BCUT2D eigenvalue weighted by Gasteiger charge is 2.31. The number of piperidine rings is 1. The van der Waals surface area contributed by atoms with Crippen LogP contribution < -0.4 is 5.73 Å². The Morgan fingerprint density at radius 2 is 1.82 bits per heavy atom. The van der Waals surface area contributed by atoms with Gasteiger partial charge in [-0.3, -0.25) is 4.99 Å². The Labute approximate surface area is 128 Å². The average Bonchev–Trinajstić information content (AvgIpc) is 2.36. The molecule has 0 unspecified atom stereocenters. The zero-order valence-electron chi connectivity index (χ0n) is 13.0. The van der Waals surface area contributed by atoms with Gasteiger partial charge in [-0.1, -0.05) is 0 Å². The van der Waals surface area contributed by atoms with Crippen LogP contribution in [0, 0.1) is 0 Å². The first-order chi connectivity index (χ1) is 9.99. The van der Waals surface area contributed by atoms with Gasteiger partial charge in [0.1, 0.15) is 11.3 Å². The summed E-state index contributed by atoms with van der Waals surface area (Å²) in [6, 6.07) is -0.115. The largest absolute Gasteiger partial charge is 0.444 e. The van der Waals surface area contributed by atoms with E-state index in [0.29, 0.717) is 25.9 Å². The first-order valence-corrected chi connectivity index (χ1v) is 7.03. The first kappa shape index (κ1) is 18.3. The second kappa shape index (κ2) is 7.02. The van der Waals surface area contributed by atoms with E-state index in [1.807, 2.05) is 0 Å². The summed E-state index contributed by atoms with van der Waals surface area (Å²) in [5, 5.41) is 0. The number of amides is 1. The lowest BCUT2D eigenvalue weighted by Crippen LogP contribution is -2.42. The van der Waals surface area contributed by atoms with Crippen molar-refractivity contribution >= 4 is 12.3 Å². The summed E-state index contributed by atoms with van der Waals surface area (Å²) < 4.78 is 41.8. The maximum Gasteiger partial charge on any atom is 0.430 e. The van der Waals surface area contributed by atoms with Gasteiger partial charge in [-0.25, -0.2) is 4.79 Å². The topological polar surface area (TPSA) is 67.9 Å². The summed E-state index contributed by atoms with van der Waals surface area (Å²) >= 11 is 0. The van der Waals surface area contributed by atoms with Crippen molar-refractivity contribution in [2.75, 3.05) is 13.1 Å². The molecule has 126 valence electrons. The number of hydrogen-bond donors (Lipinski definition) is 1. The van der Waals surface area contributed by atoms with Crippen LogP contribution in [0.4, 0.5) is 18.0 Å².